The summed E-state index contributed by atoms with van der Waals surface area (Å²) in [6, 6.07) is 6.54. The molecule has 3 heterocycles. The Kier molecular flexibility index (Phi) is 9.48. The van der Waals surface area contributed by atoms with Crippen LogP contribution in [0.5, 0.6) is 5.75 Å². The van der Waals surface area contributed by atoms with Crippen LogP contribution in [-0.4, -0.2) is 89.9 Å². The van der Waals surface area contributed by atoms with Crippen LogP contribution in [0, 0.1) is 11.3 Å². The summed E-state index contributed by atoms with van der Waals surface area (Å²) < 4.78 is 47.8. The van der Waals surface area contributed by atoms with E-state index in [0.29, 0.717) is 75.1 Å². The Morgan fingerprint density at radius 2 is 1.85 bits per heavy atom. The molecule has 4 N–H and O–H groups in total. The predicted octanol–water partition coefficient (Wildman–Crippen LogP) is 3.66. The third-order valence-electron chi connectivity index (χ3n) is 6.38. The van der Waals surface area contributed by atoms with Crippen molar-refractivity contribution < 1.29 is 32.5 Å². The molecule has 4 rings (SSSR count). The Labute approximate surface area is 227 Å². The van der Waals surface area contributed by atoms with E-state index in [0.717, 1.165) is 11.9 Å². The van der Waals surface area contributed by atoms with Gasteiger partial charge in [0.2, 0.25) is 0 Å². The summed E-state index contributed by atoms with van der Waals surface area (Å²) in [5, 5.41) is 25.3. The zero-order valence-electron chi connectivity index (χ0n) is 21.3. The fourth-order valence-corrected chi connectivity index (χ4v) is 5.09. The maximum Gasteiger partial charge on any atom is 0.523 e. The lowest BCUT2D eigenvalue weighted by molar-refractivity contribution is -0.315. The summed E-state index contributed by atoms with van der Waals surface area (Å²) in [5.74, 6) is -0.317. The minimum absolute atomic E-state index is 0.126. The number of anilines is 2. The van der Waals surface area contributed by atoms with Crippen molar-refractivity contribution in [3.8, 4) is 17.1 Å². The molecule has 212 valence electrons. The molecule has 0 aliphatic carbocycles. The van der Waals surface area contributed by atoms with Crippen LogP contribution in [0.25, 0.3) is 11.4 Å². The second-order valence-corrected chi connectivity index (χ2v) is 9.91. The van der Waals surface area contributed by atoms with Gasteiger partial charge in [-0.15, -0.1) is 13.2 Å². The molecular formula is C24H30F3N7O4S. The Hall–Kier alpha value is -3.14. The van der Waals surface area contributed by atoms with Gasteiger partial charge in [0.15, 0.2) is 17.4 Å². The van der Waals surface area contributed by atoms with E-state index >= 15 is 0 Å². The van der Waals surface area contributed by atoms with Gasteiger partial charge in [-0.05, 0) is 49.1 Å². The quantitative estimate of drug-likeness (QED) is 0.213. The number of carbonyl (C=O) groups excluding carboxylic acids is 1. The van der Waals surface area contributed by atoms with Crippen LogP contribution in [0.1, 0.15) is 18.5 Å². The molecule has 0 saturated carbocycles. The molecule has 2 fully saturated rings. The fraction of sp³-hybridized carbons (Fsp3) is 0.500. The van der Waals surface area contributed by atoms with E-state index in [1.54, 1.807) is 28.6 Å². The zero-order chi connectivity index (χ0) is 28.0. The number of nitrogens with one attached hydrogen (secondary N) is 3. The molecule has 11 nitrogen and oxygen atoms in total. The number of hydrogen-bond donors (Lipinski definition) is 4. The maximum absolute atomic E-state index is 12.3. The van der Waals surface area contributed by atoms with E-state index in [2.05, 4.69) is 25.3 Å². The summed E-state index contributed by atoms with van der Waals surface area (Å²) >= 11 is 0.961. The first-order valence-electron chi connectivity index (χ1n) is 12.3. The van der Waals surface area contributed by atoms with Crippen LogP contribution >= 0.6 is 11.9 Å². The van der Waals surface area contributed by atoms with Crippen LogP contribution in [-0.2, 0) is 9.47 Å². The Balaban J connectivity index is 1.54. The first-order chi connectivity index (χ1) is 18.6. The van der Waals surface area contributed by atoms with Crippen LogP contribution in [0.15, 0.2) is 24.3 Å². The number of amides is 2. The SMILES string of the molecule is CNC(=O)Nc1ccc(-c2nc(C(=N)C3CCN(SCOC(F)(F)F)CC3)c(O)c(N3CCOCC3)n2)cc1. The highest BCUT2D eigenvalue weighted by Gasteiger charge is 2.32. The second kappa shape index (κ2) is 12.8. The number of ether oxygens (including phenoxy) is 2. The number of alkyl halides is 3. The minimum atomic E-state index is -4.67. The number of benzene rings is 1. The Bertz CT molecular complexity index is 1160. The highest BCUT2D eigenvalue weighted by Crippen LogP contribution is 2.35. The molecule has 1 aromatic carbocycles. The third-order valence-corrected chi connectivity index (χ3v) is 7.33. The van der Waals surface area contributed by atoms with E-state index in [-0.39, 0.29) is 29.1 Å². The number of halogens is 3. The summed E-state index contributed by atoms with van der Waals surface area (Å²) in [6.45, 7) is 2.91. The van der Waals surface area contributed by atoms with Crippen molar-refractivity contribution in [3.05, 3.63) is 30.0 Å². The normalized spacial score (nSPS) is 17.2. The number of aromatic nitrogens is 2. The molecule has 2 aliphatic heterocycles. The van der Waals surface area contributed by atoms with Crippen molar-refractivity contribution in [1.29, 1.82) is 5.41 Å². The first-order valence-corrected chi connectivity index (χ1v) is 13.3. The van der Waals surface area contributed by atoms with Gasteiger partial charge in [0.1, 0.15) is 11.6 Å². The van der Waals surface area contributed by atoms with Crippen molar-refractivity contribution in [2.45, 2.75) is 19.2 Å². The monoisotopic (exact) mass is 569 g/mol. The average Bonchev–Trinajstić information content (AvgIpc) is 2.93. The lowest BCUT2D eigenvalue weighted by atomic mass is 9.90. The van der Waals surface area contributed by atoms with Crippen molar-refractivity contribution in [3.63, 3.8) is 0 Å². The maximum atomic E-state index is 12.3. The number of rotatable bonds is 8. The molecule has 1 aromatic heterocycles. The number of morpholine rings is 1. The smallest absolute Gasteiger partial charge is 0.503 e. The van der Waals surface area contributed by atoms with Gasteiger partial charge < -0.3 is 30.8 Å². The van der Waals surface area contributed by atoms with Crippen molar-refractivity contribution in [2.24, 2.45) is 5.92 Å². The summed E-state index contributed by atoms with van der Waals surface area (Å²) in [6.07, 6.45) is -3.64. The van der Waals surface area contributed by atoms with Crippen LogP contribution in [0.4, 0.5) is 29.5 Å². The minimum Gasteiger partial charge on any atom is -0.503 e. The van der Waals surface area contributed by atoms with Crippen molar-refractivity contribution in [2.75, 3.05) is 62.6 Å². The topological polar surface area (TPSA) is 136 Å². The molecule has 0 unspecified atom stereocenters. The van der Waals surface area contributed by atoms with Crippen LogP contribution < -0.4 is 15.5 Å². The molecule has 0 bridgehead atoms. The van der Waals surface area contributed by atoms with Crippen molar-refractivity contribution in [1.82, 2.24) is 19.6 Å². The largest absolute Gasteiger partial charge is 0.523 e. The van der Waals surface area contributed by atoms with E-state index in [1.165, 1.54) is 7.05 Å². The summed E-state index contributed by atoms with van der Waals surface area (Å²) in [5.41, 5.74) is 1.49. The molecule has 2 saturated heterocycles. The number of carbonyl (C=O) groups is 1. The Morgan fingerprint density at radius 3 is 2.46 bits per heavy atom. The number of piperidine rings is 1. The van der Waals surface area contributed by atoms with Gasteiger partial charge in [-0.1, -0.05) is 0 Å². The van der Waals surface area contributed by atoms with E-state index in [9.17, 15) is 23.1 Å². The van der Waals surface area contributed by atoms with Gasteiger partial charge >= 0.3 is 12.4 Å². The number of urea groups is 1. The number of nitrogens with zero attached hydrogens (tertiary/aromatic N) is 4. The molecule has 2 amide bonds. The highest BCUT2D eigenvalue weighted by atomic mass is 32.2. The molecule has 2 aromatic rings. The fourth-order valence-electron chi connectivity index (χ4n) is 4.29. The summed E-state index contributed by atoms with van der Waals surface area (Å²) in [4.78, 5) is 22.7. The summed E-state index contributed by atoms with van der Waals surface area (Å²) in [7, 11) is 1.52. The molecule has 0 radical (unpaired) electrons. The molecular weight excluding hydrogens is 539 g/mol. The molecule has 15 heteroatoms. The van der Waals surface area contributed by atoms with Crippen LogP contribution in [0.2, 0.25) is 0 Å². The second-order valence-electron chi connectivity index (χ2n) is 8.90. The van der Waals surface area contributed by atoms with Gasteiger partial charge in [0.05, 0.1) is 18.9 Å². The molecule has 0 atom stereocenters. The molecule has 0 spiro atoms. The predicted molar refractivity (Wildman–Crippen MR) is 141 cm³/mol. The molecule has 2 aliphatic rings. The standard InChI is InChI=1S/C24H30F3N7O4S/c1-29-23(36)30-17-4-2-16(3-5-17)21-31-19(20(35)22(32-21)33-10-12-37-13-11-33)18(28)15-6-8-34(9-7-15)39-14-38-24(25,26)27/h2-5,15,28,35H,6-14H2,1H3,(H2,29,30,36). The Morgan fingerprint density at radius 1 is 1.18 bits per heavy atom. The molecule has 39 heavy (non-hydrogen) atoms. The van der Waals surface area contributed by atoms with E-state index in [1.807, 2.05) is 4.90 Å². The average molecular weight is 570 g/mol. The number of hydrogen-bond acceptors (Lipinski definition) is 10. The van der Waals surface area contributed by atoms with E-state index in [4.69, 9.17) is 10.1 Å². The highest BCUT2D eigenvalue weighted by molar-refractivity contribution is 7.96. The van der Waals surface area contributed by atoms with Gasteiger partial charge in [0.25, 0.3) is 0 Å². The van der Waals surface area contributed by atoms with Gasteiger partial charge in [-0.25, -0.2) is 19.1 Å². The lowest BCUT2D eigenvalue weighted by Crippen LogP contribution is -2.37. The van der Waals surface area contributed by atoms with Crippen LogP contribution in [0.3, 0.4) is 0 Å². The van der Waals surface area contributed by atoms with E-state index < -0.39 is 12.3 Å². The van der Waals surface area contributed by atoms with Gasteiger partial charge in [-0.2, -0.15) is 0 Å². The zero-order valence-corrected chi connectivity index (χ0v) is 22.1. The first kappa shape index (κ1) is 28.9. The third kappa shape index (κ3) is 7.71. The number of aromatic hydroxyl groups is 1. The lowest BCUT2D eigenvalue weighted by Gasteiger charge is -2.32. The van der Waals surface area contributed by atoms with Gasteiger partial charge in [0, 0.05) is 50.4 Å². The van der Waals surface area contributed by atoms with Gasteiger partial charge in [-0.3, -0.25) is 4.74 Å². The van der Waals surface area contributed by atoms with Crippen molar-refractivity contribution >= 4 is 35.2 Å².